The third-order valence-corrected chi connectivity index (χ3v) is 4.31. The van der Waals surface area contributed by atoms with Crippen molar-refractivity contribution in [1.29, 1.82) is 0 Å². The molecule has 2 aromatic rings. The first kappa shape index (κ1) is 14.3. The molecular formula is C16H24N4O. The van der Waals surface area contributed by atoms with E-state index in [0.717, 1.165) is 48.0 Å². The van der Waals surface area contributed by atoms with Crippen molar-refractivity contribution in [2.24, 2.45) is 0 Å². The fourth-order valence-electron chi connectivity index (χ4n) is 2.95. The highest BCUT2D eigenvalue weighted by Gasteiger charge is 2.19. The second kappa shape index (κ2) is 5.64. The van der Waals surface area contributed by atoms with Crippen LogP contribution in [-0.2, 0) is 4.74 Å². The van der Waals surface area contributed by atoms with Gasteiger partial charge >= 0.3 is 0 Å². The molecule has 1 saturated heterocycles. The number of aryl methyl sites for hydroxylation is 3. The van der Waals surface area contributed by atoms with Gasteiger partial charge in [0.05, 0.1) is 11.8 Å². The van der Waals surface area contributed by atoms with Crippen molar-refractivity contribution in [1.82, 2.24) is 14.6 Å². The maximum absolute atomic E-state index is 5.85. The van der Waals surface area contributed by atoms with Gasteiger partial charge in [-0.15, -0.1) is 0 Å². The highest BCUT2D eigenvalue weighted by atomic mass is 16.5. The first-order valence-corrected chi connectivity index (χ1v) is 7.72. The Morgan fingerprint density at radius 1 is 1.33 bits per heavy atom. The lowest BCUT2D eigenvalue weighted by molar-refractivity contribution is 0.0215. The van der Waals surface area contributed by atoms with Crippen LogP contribution in [0.1, 0.15) is 36.2 Å². The van der Waals surface area contributed by atoms with Gasteiger partial charge in [0.2, 0.25) is 0 Å². The van der Waals surface area contributed by atoms with Crippen LogP contribution < -0.4 is 4.90 Å². The zero-order valence-electron chi connectivity index (χ0n) is 13.4. The van der Waals surface area contributed by atoms with E-state index in [0.29, 0.717) is 6.10 Å². The van der Waals surface area contributed by atoms with Gasteiger partial charge in [-0.25, -0.2) is 4.98 Å². The molecule has 0 saturated carbocycles. The van der Waals surface area contributed by atoms with Crippen LogP contribution in [0.15, 0.2) is 6.07 Å². The molecule has 0 aliphatic carbocycles. The van der Waals surface area contributed by atoms with Crippen molar-refractivity contribution in [2.75, 3.05) is 25.1 Å². The van der Waals surface area contributed by atoms with Crippen molar-refractivity contribution < 1.29 is 4.74 Å². The van der Waals surface area contributed by atoms with E-state index in [1.54, 1.807) is 0 Å². The number of fused-ring (bicyclic) bond motifs is 1. The van der Waals surface area contributed by atoms with E-state index in [2.05, 4.69) is 35.0 Å². The number of nitrogens with zero attached hydrogens (tertiary/aromatic N) is 4. The third-order valence-electron chi connectivity index (χ3n) is 4.31. The Bertz CT molecular complexity index is 643. The number of ether oxygens (including phenoxy) is 1. The van der Waals surface area contributed by atoms with Gasteiger partial charge in [0.1, 0.15) is 5.82 Å². The predicted octanol–water partition coefficient (Wildman–Crippen LogP) is 2.66. The average molecular weight is 288 g/mol. The van der Waals surface area contributed by atoms with Gasteiger partial charge in [-0.1, -0.05) is 0 Å². The van der Waals surface area contributed by atoms with Crippen molar-refractivity contribution in [3.8, 4) is 0 Å². The molecule has 0 radical (unpaired) electrons. The molecule has 21 heavy (non-hydrogen) atoms. The molecule has 0 aromatic carbocycles. The molecule has 0 bridgehead atoms. The van der Waals surface area contributed by atoms with Crippen LogP contribution in [0.2, 0.25) is 0 Å². The van der Waals surface area contributed by atoms with Gasteiger partial charge in [-0.05, 0) is 40.0 Å². The molecule has 5 nitrogen and oxygen atoms in total. The third kappa shape index (κ3) is 2.75. The Morgan fingerprint density at radius 2 is 2.14 bits per heavy atom. The first-order chi connectivity index (χ1) is 10.1. The average Bonchev–Trinajstić information content (AvgIpc) is 2.75. The molecule has 1 atom stereocenters. The number of aromatic nitrogens is 3. The van der Waals surface area contributed by atoms with E-state index in [4.69, 9.17) is 4.74 Å². The van der Waals surface area contributed by atoms with Gasteiger partial charge in [0.25, 0.3) is 0 Å². The molecule has 0 N–H and O–H groups in total. The summed E-state index contributed by atoms with van der Waals surface area (Å²) in [6.07, 6.45) is 3.93. The molecule has 1 aliphatic rings. The molecular weight excluding hydrogens is 264 g/mol. The zero-order chi connectivity index (χ0) is 15.0. The second-order valence-electron chi connectivity index (χ2n) is 6.07. The highest BCUT2D eigenvalue weighted by Crippen LogP contribution is 2.22. The summed E-state index contributed by atoms with van der Waals surface area (Å²) in [5.41, 5.74) is 4.18. The maximum Gasteiger partial charge on any atom is 0.160 e. The normalized spacial score (nSPS) is 19.1. The van der Waals surface area contributed by atoms with E-state index in [-0.39, 0.29) is 0 Å². The van der Waals surface area contributed by atoms with Crippen molar-refractivity contribution >= 4 is 11.5 Å². The standard InChI is InChI=1S/C16H24N4O/c1-11-9-15(19(4)10-14-7-5-6-8-21-14)20-16(17-11)12(2)13(3)18-20/h9,14H,5-8,10H2,1-4H3/t14-/m0/s1. The molecule has 2 aromatic heterocycles. The van der Waals surface area contributed by atoms with E-state index >= 15 is 0 Å². The van der Waals surface area contributed by atoms with Gasteiger partial charge < -0.3 is 9.64 Å². The SMILES string of the molecule is Cc1cc(N(C)C[C@@H]2CCCCO2)n2nc(C)c(C)c2n1. The van der Waals surface area contributed by atoms with Crippen LogP contribution in [-0.4, -0.2) is 40.9 Å². The minimum atomic E-state index is 0.324. The van der Waals surface area contributed by atoms with E-state index in [9.17, 15) is 0 Å². The fourth-order valence-corrected chi connectivity index (χ4v) is 2.95. The van der Waals surface area contributed by atoms with Crippen molar-refractivity contribution in [3.05, 3.63) is 23.0 Å². The Balaban J connectivity index is 1.93. The van der Waals surface area contributed by atoms with Crippen LogP contribution >= 0.6 is 0 Å². The quantitative estimate of drug-likeness (QED) is 0.871. The molecule has 5 heteroatoms. The van der Waals surface area contributed by atoms with Crippen LogP contribution in [0.3, 0.4) is 0 Å². The number of rotatable bonds is 3. The summed E-state index contributed by atoms with van der Waals surface area (Å²) in [6, 6.07) is 2.10. The number of anilines is 1. The molecule has 3 heterocycles. The summed E-state index contributed by atoms with van der Waals surface area (Å²) in [6.45, 7) is 7.95. The summed E-state index contributed by atoms with van der Waals surface area (Å²) in [5, 5.41) is 4.64. The van der Waals surface area contributed by atoms with E-state index < -0.39 is 0 Å². The minimum Gasteiger partial charge on any atom is -0.376 e. The van der Waals surface area contributed by atoms with Crippen LogP contribution in [0, 0.1) is 20.8 Å². The summed E-state index contributed by atoms with van der Waals surface area (Å²) < 4.78 is 7.81. The Hall–Kier alpha value is -1.62. The number of hydrogen-bond donors (Lipinski definition) is 0. The van der Waals surface area contributed by atoms with Crippen LogP contribution in [0.25, 0.3) is 5.65 Å². The smallest absolute Gasteiger partial charge is 0.160 e. The van der Waals surface area contributed by atoms with Crippen molar-refractivity contribution in [2.45, 2.75) is 46.1 Å². The summed E-state index contributed by atoms with van der Waals surface area (Å²) >= 11 is 0. The van der Waals surface area contributed by atoms with Gasteiger partial charge in [-0.2, -0.15) is 9.61 Å². The van der Waals surface area contributed by atoms with Crippen LogP contribution in [0.5, 0.6) is 0 Å². The van der Waals surface area contributed by atoms with Crippen molar-refractivity contribution in [3.63, 3.8) is 0 Å². The topological polar surface area (TPSA) is 42.7 Å². The Labute approximate surface area is 125 Å². The molecule has 1 aliphatic heterocycles. The lowest BCUT2D eigenvalue weighted by atomic mass is 10.1. The van der Waals surface area contributed by atoms with E-state index in [1.165, 1.54) is 12.8 Å². The largest absolute Gasteiger partial charge is 0.376 e. The monoisotopic (exact) mass is 288 g/mol. The first-order valence-electron chi connectivity index (χ1n) is 7.72. The summed E-state index contributed by atoms with van der Waals surface area (Å²) in [4.78, 5) is 6.87. The fraction of sp³-hybridized carbons (Fsp3) is 0.625. The van der Waals surface area contributed by atoms with Gasteiger partial charge in [0.15, 0.2) is 5.65 Å². The molecule has 0 amide bonds. The Kier molecular flexibility index (Phi) is 3.85. The summed E-state index contributed by atoms with van der Waals surface area (Å²) in [7, 11) is 2.11. The number of hydrogen-bond acceptors (Lipinski definition) is 4. The predicted molar refractivity (Wildman–Crippen MR) is 84.1 cm³/mol. The second-order valence-corrected chi connectivity index (χ2v) is 6.07. The van der Waals surface area contributed by atoms with Crippen LogP contribution in [0.4, 0.5) is 5.82 Å². The molecule has 3 rings (SSSR count). The van der Waals surface area contributed by atoms with Gasteiger partial charge in [-0.3, -0.25) is 0 Å². The zero-order valence-corrected chi connectivity index (χ0v) is 13.4. The summed E-state index contributed by atoms with van der Waals surface area (Å²) in [5.74, 6) is 1.09. The lowest BCUT2D eigenvalue weighted by Gasteiger charge is -2.28. The minimum absolute atomic E-state index is 0.324. The van der Waals surface area contributed by atoms with Gasteiger partial charge in [0, 0.05) is 37.5 Å². The molecule has 0 unspecified atom stereocenters. The molecule has 114 valence electrons. The maximum atomic E-state index is 5.85. The molecule has 0 spiro atoms. The lowest BCUT2D eigenvalue weighted by Crippen LogP contribution is -2.34. The Morgan fingerprint density at radius 3 is 2.86 bits per heavy atom. The number of likely N-dealkylation sites (N-methyl/N-ethyl adjacent to an activating group) is 1. The van der Waals surface area contributed by atoms with E-state index in [1.807, 2.05) is 18.4 Å². The molecule has 1 fully saturated rings. The highest BCUT2D eigenvalue weighted by molar-refractivity contribution is 5.56.